The van der Waals surface area contributed by atoms with E-state index in [1.807, 2.05) is 74.2 Å². The van der Waals surface area contributed by atoms with E-state index in [-0.39, 0.29) is 25.2 Å². The van der Waals surface area contributed by atoms with Crippen LogP contribution < -0.4 is 19.5 Å². The van der Waals surface area contributed by atoms with Crippen LogP contribution in [0.4, 0.5) is 5.69 Å². The Morgan fingerprint density at radius 2 is 1.68 bits per heavy atom. The minimum Gasteiger partial charge on any atom is -0.493 e. The van der Waals surface area contributed by atoms with E-state index in [0.29, 0.717) is 48.4 Å². The number of amides is 1. The molecule has 1 saturated heterocycles. The first-order valence-electron chi connectivity index (χ1n) is 15.3. The van der Waals surface area contributed by atoms with Crippen LogP contribution in [0.15, 0.2) is 48.5 Å². The van der Waals surface area contributed by atoms with Crippen molar-refractivity contribution in [1.29, 1.82) is 0 Å². The van der Waals surface area contributed by atoms with Crippen LogP contribution in [0.25, 0.3) is 0 Å². The van der Waals surface area contributed by atoms with Crippen LogP contribution in [0.5, 0.6) is 17.2 Å². The molecule has 5 rings (SSSR count). The first kappa shape index (κ1) is 31.7. The number of carbonyl (C=O) groups excluding carboxylic acids is 1. The van der Waals surface area contributed by atoms with Gasteiger partial charge in [-0.3, -0.25) is 14.5 Å². The second-order valence-corrected chi connectivity index (χ2v) is 12.5. The summed E-state index contributed by atoms with van der Waals surface area (Å²) in [7, 11) is 0. The number of fused-ring (bicyclic) bond motifs is 1. The van der Waals surface area contributed by atoms with Gasteiger partial charge in [0.05, 0.1) is 19.1 Å². The largest absolute Gasteiger partial charge is 0.493 e. The third-order valence-corrected chi connectivity index (χ3v) is 8.71. The zero-order valence-corrected chi connectivity index (χ0v) is 26.7. The average molecular weight is 621 g/mol. The van der Waals surface area contributed by atoms with Gasteiger partial charge in [-0.25, -0.2) is 0 Å². The van der Waals surface area contributed by atoms with E-state index in [1.54, 1.807) is 0 Å². The number of halogens is 1. The predicted molar refractivity (Wildman–Crippen MR) is 171 cm³/mol. The Morgan fingerprint density at radius 1 is 1.05 bits per heavy atom. The Kier molecular flexibility index (Phi) is 9.71. The van der Waals surface area contributed by atoms with E-state index < -0.39 is 17.9 Å². The summed E-state index contributed by atoms with van der Waals surface area (Å²) in [6, 6.07) is 14.6. The van der Waals surface area contributed by atoms with Gasteiger partial charge in [-0.05, 0) is 89.9 Å². The number of likely N-dealkylation sites (tertiary alicyclic amines) is 1. The van der Waals surface area contributed by atoms with E-state index in [0.717, 1.165) is 39.3 Å². The van der Waals surface area contributed by atoms with Crippen LogP contribution >= 0.6 is 11.6 Å². The summed E-state index contributed by atoms with van der Waals surface area (Å²) in [5.41, 5.74) is 5.34. The van der Waals surface area contributed by atoms with E-state index in [4.69, 9.17) is 25.8 Å². The Morgan fingerprint density at radius 3 is 2.27 bits per heavy atom. The number of nitrogens with zero attached hydrogens (tertiary/aromatic N) is 1. The summed E-state index contributed by atoms with van der Waals surface area (Å²) in [6.07, 6.45) is 1.43. The van der Waals surface area contributed by atoms with E-state index in [1.165, 1.54) is 0 Å². The summed E-state index contributed by atoms with van der Waals surface area (Å²) < 4.78 is 17.1. The lowest BCUT2D eigenvalue weighted by Gasteiger charge is -2.27. The first-order chi connectivity index (χ1) is 21.1. The van der Waals surface area contributed by atoms with E-state index in [2.05, 4.69) is 19.2 Å². The van der Waals surface area contributed by atoms with Crippen molar-refractivity contribution in [2.75, 3.05) is 31.8 Å². The molecule has 1 fully saturated rings. The number of carboxylic acids is 1. The van der Waals surface area contributed by atoms with Gasteiger partial charge in [0.1, 0.15) is 5.75 Å². The van der Waals surface area contributed by atoms with Crippen molar-refractivity contribution in [1.82, 2.24) is 4.90 Å². The molecule has 2 heterocycles. The number of nitrogens with one attached hydrogen (secondary N) is 1. The van der Waals surface area contributed by atoms with Gasteiger partial charge in [-0.2, -0.15) is 0 Å². The maximum Gasteiger partial charge on any atom is 0.309 e. The van der Waals surface area contributed by atoms with Gasteiger partial charge in [0.15, 0.2) is 11.5 Å². The highest BCUT2D eigenvalue weighted by Gasteiger charge is 2.48. The molecule has 2 aliphatic heterocycles. The highest BCUT2D eigenvalue weighted by atomic mass is 35.5. The number of benzene rings is 3. The minimum absolute atomic E-state index is 0.0229. The normalized spacial score (nSPS) is 19.4. The van der Waals surface area contributed by atoms with Crippen molar-refractivity contribution in [2.24, 2.45) is 11.8 Å². The zero-order chi connectivity index (χ0) is 31.5. The fourth-order valence-corrected chi connectivity index (χ4v) is 6.66. The van der Waals surface area contributed by atoms with Crippen LogP contribution in [0, 0.1) is 18.8 Å². The average Bonchev–Trinajstić information content (AvgIpc) is 3.60. The summed E-state index contributed by atoms with van der Waals surface area (Å²) >= 11 is 6.35. The molecule has 2 N–H and O–H groups in total. The summed E-state index contributed by atoms with van der Waals surface area (Å²) in [6.45, 7) is 11.3. The Bertz CT molecular complexity index is 1500. The van der Waals surface area contributed by atoms with Crippen molar-refractivity contribution in [3.8, 4) is 17.2 Å². The number of carbonyl (C=O) groups is 2. The Balaban J connectivity index is 1.50. The number of anilines is 1. The molecule has 0 aliphatic carbocycles. The highest BCUT2D eigenvalue weighted by molar-refractivity contribution is 6.30. The number of aryl methyl sites for hydroxylation is 3. The number of ether oxygens (including phenoxy) is 3. The third kappa shape index (κ3) is 6.66. The molecule has 0 spiro atoms. The molecule has 1 unspecified atom stereocenters. The van der Waals surface area contributed by atoms with Crippen LogP contribution in [0.1, 0.15) is 67.5 Å². The van der Waals surface area contributed by atoms with Crippen LogP contribution in [-0.4, -0.2) is 48.4 Å². The lowest BCUT2D eigenvalue weighted by atomic mass is 9.81. The molecule has 44 heavy (non-hydrogen) atoms. The smallest absolute Gasteiger partial charge is 0.309 e. The highest BCUT2D eigenvalue weighted by Crippen LogP contribution is 2.49. The van der Waals surface area contributed by atoms with Crippen molar-refractivity contribution in [2.45, 2.75) is 59.4 Å². The van der Waals surface area contributed by atoms with Gasteiger partial charge in [0, 0.05) is 29.2 Å². The van der Waals surface area contributed by atoms with Crippen molar-refractivity contribution < 1.29 is 28.9 Å². The molecular weight excluding hydrogens is 580 g/mol. The topological polar surface area (TPSA) is 97.3 Å². The lowest BCUT2D eigenvalue weighted by molar-refractivity contribution is -0.143. The standard InChI is InChI=1S/C35H41ClN2O6/c1-6-22-13-25(36)14-23(7-2)33(22)37-31(39)17-38-16-28(27-15-30-29(12-21(27)5)43-19-44-30)32(35(40)41)34(38)24-8-10-26(11-9-24)42-18-20(3)4/h8-15,20,28,32,34H,6-7,16-19H2,1-5H3,(H,37,39)(H,40,41)/t28-,32?,34+/m1/s1. The molecule has 1 amide bonds. The second kappa shape index (κ2) is 13.5. The monoisotopic (exact) mass is 620 g/mol. The fourth-order valence-electron chi connectivity index (χ4n) is 6.40. The Hall–Kier alpha value is -3.75. The Labute approximate surface area is 264 Å². The third-order valence-electron chi connectivity index (χ3n) is 8.49. The first-order valence-corrected chi connectivity index (χ1v) is 15.7. The van der Waals surface area contributed by atoms with E-state index >= 15 is 0 Å². The maximum absolute atomic E-state index is 13.7. The molecule has 9 heteroatoms. The number of rotatable bonds is 11. The number of carboxylic acid groups (broad SMARTS) is 1. The molecule has 3 atom stereocenters. The van der Waals surface area contributed by atoms with Crippen molar-refractivity contribution >= 4 is 29.2 Å². The molecule has 0 saturated carbocycles. The molecule has 2 aliphatic rings. The zero-order valence-electron chi connectivity index (χ0n) is 26.0. The second-order valence-electron chi connectivity index (χ2n) is 12.0. The minimum atomic E-state index is -0.917. The maximum atomic E-state index is 13.7. The molecule has 3 aromatic carbocycles. The van der Waals surface area contributed by atoms with Gasteiger partial charge in [0.2, 0.25) is 12.7 Å². The van der Waals surface area contributed by atoms with E-state index in [9.17, 15) is 14.7 Å². The van der Waals surface area contributed by atoms with Gasteiger partial charge in [-0.1, -0.05) is 51.4 Å². The van der Waals surface area contributed by atoms with Crippen LogP contribution in [0.2, 0.25) is 5.02 Å². The summed E-state index contributed by atoms with van der Waals surface area (Å²) in [5.74, 6) is 0.0507. The molecule has 0 aromatic heterocycles. The molecule has 8 nitrogen and oxygen atoms in total. The van der Waals surface area contributed by atoms with Gasteiger partial charge >= 0.3 is 5.97 Å². The van der Waals surface area contributed by atoms with Crippen LogP contribution in [-0.2, 0) is 22.4 Å². The molecule has 0 bridgehead atoms. The van der Waals surface area contributed by atoms with Crippen LogP contribution in [0.3, 0.4) is 0 Å². The number of hydrogen-bond acceptors (Lipinski definition) is 6. The van der Waals surface area contributed by atoms with Gasteiger partial charge in [-0.15, -0.1) is 0 Å². The number of aliphatic carboxylic acids is 1. The molecular formula is C35H41ClN2O6. The summed E-state index contributed by atoms with van der Waals surface area (Å²) in [5, 5.41) is 14.5. The number of hydrogen-bond donors (Lipinski definition) is 2. The summed E-state index contributed by atoms with van der Waals surface area (Å²) in [4.78, 5) is 28.8. The van der Waals surface area contributed by atoms with Crippen molar-refractivity contribution in [3.63, 3.8) is 0 Å². The predicted octanol–water partition coefficient (Wildman–Crippen LogP) is 7.02. The quantitative estimate of drug-likeness (QED) is 0.238. The lowest BCUT2D eigenvalue weighted by Crippen LogP contribution is -2.35. The van der Waals surface area contributed by atoms with Gasteiger partial charge < -0.3 is 24.6 Å². The SMILES string of the molecule is CCc1cc(Cl)cc(CC)c1NC(=O)CN1C[C@H](c2cc3c(cc2C)OCO3)C(C(=O)O)[C@@H]1c1ccc(OCC(C)C)cc1. The van der Waals surface area contributed by atoms with Gasteiger partial charge in [0.25, 0.3) is 0 Å². The molecule has 0 radical (unpaired) electrons. The molecule has 234 valence electrons. The fraction of sp³-hybridized carbons (Fsp3) is 0.429. The molecule has 3 aromatic rings. The van der Waals surface area contributed by atoms with Crippen molar-refractivity contribution in [3.05, 3.63) is 81.4 Å².